The molecule has 22 heavy (non-hydrogen) atoms. The molecule has 8 nitrogen and oxygen atoms in total. The Kier molecular flexibility index (Phi) is 6.22. The molecule has 1 aromatic rings. The third-order valence-electron chi connectivity index (χ3n) is 2.37. The quantitative estimate of drug-likeness (QED) is 0.377. The summed E-state index contributed by atoms with van der Waals surface area (Å²) in [6.45, 7) is 5.85. The van der Waals surface area contributed by atoms with Gasteiger partial charge in [0.15, 0.2) is 0 Å². The van der Waals surface area contributed by atoms with Crippen molar-refractivity contribution in [1.82, 2.24) is 10.6 Å². The van der Waals surface area contributed by atoms with E-state index >= 15 is 0 Å². The van der Waals surface area contributed by atoms with Crippen LogP contribution >= 0.6 is 0 Å². The molecule has 0 aromatic heterocycles. The molecule has 0 radical (unpaired) electrons. The Balaban J connectivity index is 2.34. The summed E-state index contributed by atoms with van der Waals surface area (Å²) in [7, 11) is 0. The highest BCUT2D eigenvalue weighted by molar-refractivity contribution is 5.94. The van der Waals surface area contributed by atoms with E-state index in [0.29, 0.717) is 11.3 Å². The average molecular weight is 305 g/mol. The molecule has 0 aliphatic carbocycles. The van der Waals surface area contributed by atoms with Crippen LogP contribution < -0.4 is 10.6 Å². The van der Waals surface area contributed by atoms with E-state index < -0.39 is 11.7 Å². The molecule has 1 rings (SSSR count). The smallest absolute Gasteiger partial charge is 0.407 e. The van der Waals surface area contributed by atoms with Crippen molar-refractivity contribution in [3.63, 3.8) is 0 Å². The zero-order valence-corrected chi connectivity index (χ0v) is 12.8. The SMILES string of the molecule is CC(C)(C)OC(=O)NCCNC(=O)c1ccc(N=[N+]=[N-])cc1. The van der Waals surface area contributed by atoms with E-state index in [-0.39, 0.29) is 19.0 Å². The number of hydrogen-bond donors (Lipinski definition) is 2. The van der Waals surface area contributed by atoms with E-state index in [1.807, 2.05) is 0 Å². The molecule has 1 aromatic carbocycles. The number of benzene rings is 1. The average Bonchev–Trinajstić information content (AvgIpc) is 2.42. The van der Waals surface area contributed by atoms with E-state index in [9.17, 15) is 9.59 Å². The van der Waals surface area contributed by atoms with Gasteiger partial charge >= 0.3 is 6.09 Å². The van der Waals surface area contributed by atoms with Gasteiger partial charge in [-0.3, -0.25) is 4.79 Å². The maximum absolute atomic E-state index is 11.8. The van der Waals surface area contributed by atoms with Gasteiger partial charge in [0.1, 0.15) is 5.60 Å². The van der Waals surface area contributed by atoms with E-state index in [1.165, 1.54) is 0 Å². The lowest BCUT2D eigenvalue weighted by molar-refractivity contribution is 0.0526. The van der Waals surface area contributed by atoms with Gasteiger partial charge in [-0.2, -0.15) is 0 Å². The number of rotatable bonds is 5. The first-order chi connectivity index (χ1) is 10.3. The maximum Gasteiger partial charge on any atom is 0.407 e. The molecule has 118 valence electrons. The first kappa shape index (κ1) is 17.3. The largest absolute Gasteiger partial charge is 0.444 e. The van der Waals surface area contributed by atoms with Crippen LogP contribution in [0, 0.1) is 0 Å². The van der Waals surface area contributed by atoms with Crippen molar-refractivity contribution in [3.05, 3.63) is 40.3 Å². The molecule has 0 saturated heterocycles. The number of carbonyl (C=O) groups excluding carboxylic acids is 2. The number of alkyl carbamates (subject to hydrolysis) is 1. The van der Waals surface area contributed by atoms with Crippen molar-refractivity contribution in [3.8, 4) is 0 Å². The van der Waals surface area contributed by atoms with Gasteiger partial charge in [0.05, 0.1) is 0 Å². The molecule has 0 spiro atoms. The first-order valence-electron chi connectivity index (χ1n) is 6.72. The second-order valence-corrected chi connectivity index (χ2v) is 5.42. The summed E-state index contributed by atoms with van der Waals surface area (Å²) in [4.78, 5) is 25.9. The van der Waals surface area contributed by atoms with Crippen molar-refractivity contribution in [2.75, 3.05) is 13.1 Å². The molecule has 8 heteroatoms. The maximum atomic E-state index is 11.8. The van der Waals surface area contributed by atoms with Crippen molar-refractivity contribution in [1.29, 1.82) is 0 Å². The minimum atomic E-state index is -0.555. The van der Waals surface area contributed by atoms with Crippen molar-refractivity contribution in [2.45, 2.75) is 26.4 Å². The van der Waals surface area contributed by atoms with Crippen LogP contribution in [-0.2, 0) is 4.74 Å². The van der Waals surface area contributed by atoms with Crippen LogP contribution in [0.15, 0.2) is 29.4 Å². The Bertz CT molecular complexity index is 571. The zero-order valence-electron chi connectivity index (χ0n) is 12.8. The van der Waals surface area contributed by atoms with Crippen LogP contribution in [0.2, 0.25) is 0 Å². The monoisotopic (exact) mass is 305 g/mol. The fourth-order valence-corrected chi connectivity index (χ4v) is 1.49. The number of hydrogen-bond acceptors (Lipinski definition) is 4. The topological polar surface area (TPSA) is 116 Å². The molecule has 0 aliphatic heterocycles. The molecule has 0 aliphatic rings. The van der Waals surface area contributed by atoms with Gasteiger partial charge in [-0.25, -0.2) is 4.79 Å². The Morgan fingerprint density at radius 3 is 2.32 bits per heavy atom. The molecule has 0 atom stereocenters. The van der Waals surface area contributed by atoms with Crippen LogP contribution in [0.4, 0.5) is 10.5 Å². The molecule has 2 amide bonds. The third kappa shape index (κ3) is 6.62. The highest BCUT2D eigenvalue weighted by atomic mass is 16.6. The van der Waals surface area contributed by atoms with E-state index in [1.54, 1.807) is 45.0 Å². The Morgan fingerprint density at radius 2 is 1.77 bits per heavy atom. The van der Waals surface area contributed by atoms with E-state index in [2.05, 4.69) is 20.7 Å². The number of amides is 2. The van der Waals surface area contributed by atoms with Crippen LogP contribution in [-0.4, -0.2) is 30.7 Å². The summed E-state index contributed by atoms with van der Waals surface area (Å²) in [5.74, 6) is -0.279. The van der Waals surface area contributed by atoms with Gasteiger partial charge in [0.25, 0.3) is 5.91 Å². The minimum Gasteiger partial charge on any atom is -0.444 e. The molecule has 0 unspecified atom stereocenters. The number of ether oxygens (including phenoxy) is 1. The summed E-state index contributed by atoms with van der Waals surface area (Å²) >= 11 is 0. The molecule has 0 saturated carbocycles. The lowest BCUT2D eigenvalue weighted by Crippen LogP contribution is -2.37. The van der Waals surface area contributed by atoms with Crippen LogP contribution in [0.1, 0.15) is 31.1 Å². The highest BCUT2D eigenvalue weighted by Gasteiger charge is 2.15. The summed E-state index contributed by atoms with van der Waals surface area (Å²) in [6.07, 6.45) is -0.527. The highest BCUT2D eigenvalue weighted by Crippen LogP contribution is 2.12. The normalized spacial score (nSPS) is 10.3. The van der Waals surface area contributed by atoms with Gasteiger partial charge in [-0.15, -0.1) is 0 Å². The summed E-state index contributed by atoms with van der Waals surface area (Å²) in [6, 6.07) is 6.21. The Hall–Kier alpha value is -2.73. The van der Waals surface area contributed by atoms with Crippen LogP contribution in [0.25, 0.3) is 10.4 Å². The molecule has 0 fully saturated rings. The lowest BCUT2D eigenvalue weighted by Gasteiger charge is -2.19. The molecule has 2 N–H and O–H groups in total. The second kappa shape index (κ2) is 7.90. The number of nitrogens with zero attached hydrogens (tertiary/aromatic N) is 3. The van der Waals surface area contributed by atoms with Crippen molar-refractivity contribution in [2.24, 2.45) is 5.11 Å². The number of azide groups is 1. The van der Waals surface area contributed by atoms with Gasteiger partial charge < -0.3 is 15.4 Å². The lowest BCUT2D eigenvalue weighted by atomic mass is 10.2. The fraction of sp³-hybridized carbons (Fsp3) is 0.429. The third-order valence-corrected chi connectivity index (χ3v) is 2.37. The zero-order chi connectivity index (χ0) is 16.6. The predicted octanol–water partition coefficient (Wildman–Crippen LogP) is 2.88. The second-order valence-electron chi connectivity index (χ2n) is 5.42. The number of nitrogens with one attached hydrogen (secondary N) is 2. The molecule has 0 heterocycles. The Labute approximate surface area is 128 Å². The standard InChI is InChI=1S/C14H19N5O3/c1-14(2,3)22-13(21)17-9-8-16-12(20)10-4-6-11(7-5-10)18-19-15/h4-7H,8-9H2,1-3H3,(H,16,20)(H,17,21). The van der Waals surface area contributed by atoms with Crippen LogP contribution in [0.3, 0.4) is 0 Å². The molecular weight excluding hydrogens is 286 g/mol. The first-order valence-corrected chi connectivity index (χ1v) is 6.72. The van der Waals surface area contributed by atoms with Gasteiger partial charge in [-0.05, 0) is 38.4 Å². The molecular formula is C14H19N5O3. The molecule has 0 bridgehead atoms. The summed E-state index contributed by atoms with van der Waals surface area (Å²) in [5, 5.41) is 8.62. The summed E-state index contributed by atoms with van der Waals surface area (Å²) in [5.41, 5.74) is 8.61. The fourth-order valence-electron chi connectivity index (χ4n) is 1.49. The van der Waals surface area contributed by atoms with E-state index in [0.717, 1.165) is 0 Å². The number of carbonyl (C=O) groups is 2. The Morgan fingerprint density at radius 1 is 1.18 bits per heavy atom. The minimum absolute atomic E-state index is 0.261. The van der Waals surface area contributed by atoms with Crippen molar-refractivity contribution >= 4 is 17.7 Å². The van der Waals surface area contributed by atoms with Crippen molar-refractivity contribution < 1.29 is 14.3 Å². The predicted molar refractivity (Wildman–Crippen MR) is 81.8 cm³/mol. The van der Waals surface area contributed by atoms with Crippen LogP contribution in [0.5, 0.6) is 0 Å². The van der Waals surface area contributed by atoms with Gasteiger partial charge in [-0.1, -0.05) is 17.2 Å². The summed E-state index contributed by atoms with van der Waals surface area (Å²) < 4.78 is 5.06. The van der Waals surface area contributed by atoms with Gasteiger partial charge in [0.2, 0.25) is 0 Å². The van der Waals surface area contributed by atoms with Gasteiger partial charge in [0, 0.05) is 29.3 Å². The van der Waals surface area contributed by atoms with E-state index in [4.69, 9.17) is 10.3 Å².